The monoisotopic (exact) mass is 334 g/mol. The zero-order chi connectivity index (χ0) is 17.1. The molecule has 1 aromatic heterocycles. The maximum absolute atomic E-state index is 11.8. The molecule has 1 aromatic rings. The molecule has 2 aliphatic heterocycles. The van der Waals surface area contributed by atoms with E-state index in [-0.39, 0.29) is 10.6 Å². The Labute approximate surface area is 142 Å². The summed E-state index contributed by atoms with van der Waals surface area (Å²) in [6, 6.07) is 0. The van der Waals surface area contributed by atoms with Gasteiger partial charge in [0, 0.05) is 39.3 Å². The molecule has 132 valence electrons. The average molecular weight is 334 g/mol. The summed E-state index contributed by atoms with van der Waals surface area (Å²) in [6.07, 6.45) is 3.69. The number of nitrogens with zero attached hydrogens (tertiary/aromatic N) is 6. The molecular weight excluding hydrogens is 308 g/mol. The largest absolute Gasteiger partial charge is 0.353 e. The summed E-state index contributed by atoms with van der Waals surface area (Å²) in [5.41, 5.74) is 0.0662. The number of nitro groups is 1. The van der Waals surface area contributed by atoms with Crippen LogP contribution in [-0.2, 0) is 0 Å². The quantitative estimate of drug-likeness (QED) is 0.613. The lowest BCUT2D eigenvalue weighted by molar-refractivity contribution is -0.383. The third kappa shape index (κ3) is 3.43. The van der Waals surface area contributed by atoms with E-state index < -0.39 is 0 Å². The second-order valence-electron chi connectivity index (χ2n) is 6.74. The number of aromatic nitrogens is 2. The van der Waals surface area contributed by atoms with Crippen molar-refractivity contribution in [1.82, 2.24) is 14.9 Å². The lowest BCUT2D eigenvalue weighted by Gasteiger charge is -2.35. The minimum Gasteiger partial charge on any atom is -0.350 e. The molecule has 0 amide bonds. The SMILES string of the molecule is CCN1CCN(c2ncnc(N3CCCC(C)C3)c2[N+](=O)[O-])CC1. The maximum Gasteiger partial charge on any atom is 0.353 e. The average Bonchev–Trinajstić information content (AvgIpc) is 2.61. The molecule has 2 saturated heterocycles. The first-order chi connectivity index (χ1) is 11.6. The van der Waals surface area contributed by atoms with Crippen LogP contribution in [-0.4, -0.2) is 65.6 Å². The highest BCUT2D eigenvalue weighted by molar-refractivity contribution is 5.71. The molecule has 24 heavy (non-hydrogen) atoms. The van der Waals surface area contributed by atoms with Crippen LogP contribution in [0.4, 0.5) is 17.3 Å². The first-order valence-corrected chi connectivity index (χ1v) is 8.81. The van der Waals surface area contributed by atoms with Crippen LogP contribution in [0.1, 0.15) is 26.7 Å². The van der Waals surface area contributed by atoms with Crippen molar-refractivity contribution in [2.45, 2.75) is 26.7 Å². The molecule has 0 saturated carbocycles. The fraction of sp³-hybridized carbons (Fsp3) is 0.750. The Bertz CT molecular complexity index is 588. The van der Waals surface area contributed by atoms with Crippen molar-refractivity contribution < 1.29 is 4.92 Å². The summed E-state index contributed by atoms with van der Waals surface area (Å²) in [4.78, 5) is 26.5. The minimum absolute atomic E-state index is 0.0662. The Hall–Kier alpha value is -1.96. The van der Waals surface area contributed by atoms with Gasteiger partial charge in [-0.3, -0.25) is 10.1 Å². The predicted octanol–water partition coefficient (Wildman–Crippen LogP) is 1.76. The summed E-state index contributed by atoms with van der Waals surface area (Å²) in [7, 11) is 0. The van der Waals surface area contributed by atoms with E-state index in [1.807, 2.05) is 4.90 Å². The van der Waals surface area contributed by atoms with Crippen LogP contribution in [0.25, 0.3) is 0 Å². The van der Waals surface area contributed by atoms with Gasteiger partial charge in [-0.2, -0.15) is 0 Å². The van der Waals surface area contributed by atoms with E-state index in [0.29, 0.717) is 17.6 Å². The topological polar surface area (TPSA) is 78.6 Å². The molecule has 8 nitrogen and oxygen atoms in total. The number of anilines is 2. The molecule has 1 atom stereocenters. The third-order valence-electron chi connectivity index (χ3n) is 5.04. The second-order valence-corrected chi connectivity index (χ2v) is 6.74. The molecule has 3 heterocycles. The summed E-state index contributed by atoms with van der Waals surface area (Å²) in [6.45, 7) is 10.3. The van der Waals surface area contributed by atoms with Gasteiger partial charge in [-0.25, -0.2) is 9.97 Å². The van der Waals surface area contributed by atoms with Crippen LogP contribution in [0.3, 0.4) is 0 Å². The number of likely N-dealkylation sites (N-methyl/N-ethyl adjacent to an activating group) is 1. The summed E-state index contributed by atoms with van der Waals surface area (Å²) < 4.78 is 0. The summed E-state index contributed by atoms with van der Waals surface area (Å²) in [5.74, 6) is 1.48. The molecule has 0 radical (unpaired) electrons. The minimum atomic E-state index is -0.309. The van der Waals surface area contributed by atoms with E-state index in [1.54, 1.807) is 0 Å². The molecule has 0 aromatic carbocycles. The van der Waals surface area contributed by atoms with E-state index in [4.69, 9.17) is 0 Å². The molecule has 8 heteroatoms. The van der Waals surface area contributed by atoms with Gasteiger partial charge in [0.1, 0.15) is 6.33 Å². The van der Waals surface area contributed by atoms with E-state index in [1.165, 1.54) is 12.7 Å². The molecule has 3 rings (SSSR count). The van der Waals surface area contributed by atoms with E-state index in [9.17, 15) is 10.1 Å². The van der Waals surface area contributed by atoms with Gasteiger partial charge >= 0.3 is 5.69 Å². The van der Waals surface area contributed by atoms with E-state index >= 15 is 0 Å². The van der Waals surface area contributed by atoms with Gasteiger partial charge in [-0.15, -0.1) is 0 Å². The van der Waals surface area contributed by atoms with Crippen molar-refractivity contribution in [3.63, 3.8) is 0 Å². The van der Waals surface area contributed by atoms with Gasteiger partial charge in [0.25, 0.3) is 0 Å². The van der Waals surface area contributed by atoms with Gasteiger partial charge < -0.3 is 14.7 Å². The van der Waals surface area contributed by atoms with E-state index in [0.717, 1.165) is 52.2 Å². The van der Waals surface area contributed by atoms with Gasteiger partial charge in [-0.05, 0) is 25.3 Å². The molecule has 0 spiro atoms. The molecule has 0 N–H and O–H groups in total. The van der Waals surface area contributed by atoms with Crippen molar-refractivity contribution >= 4 is 17.3 Å². The molecule has 2 fully saturated rings. The van der Waals surface area contributed by atoms with Crippen LogP contribution in [0, 0.1) is 16.0 Å². The Morgan fingerprint density at radius 2 is 1.83 bits per heavy atom. The number of piperidine rings is 1. The van der Waals surface area contributed by atoms with Crippen molar-refractivity contribution in [2.75, 3.05) is 55.6 Å². The number of hydrogen-bond acceptors (Lipinski definition) is 7. The fourth-order valence-corrected chi connectivity index (χ4v) is 3.64. The van der Waals surface area contributed by atoms with E-state index in [2.05, 4.69) is 33.6 Å². The zero-order valence-electron chi connectivity index (χ0n) is 14.5. The van der Waals surface area contributed by atoms with Gasteiger partial charge in [0.05, 0.1) is 4.92 Å². The number of hydrogen-bond donors (Lipinski definition) is 0. The number of piperazine rings is 1. The third-order valence-corrected chi connectivity index (χ3v) is 5.04. The van der Waals surface area contributed by atoms with Crippen LogP contribution in [0.2, 0.25) is 0 Å². The van der Waals surface area contributed by atoms with Crippen LogP contribution in [0.5, 0.6) is 0 Å². The Balaban J connectivity index is 1.90. The summed E-state index contributed by atoms with van der Waals surface area (Å²) in [5, 5.41) is 11.8. The Morgan fingerprint density at radius 3 is 2.42 bits per heavy atom. The molecular formula is C16H26N6O2. The molecule has 2 aliphatic rings. The Morgan fingerprint density at radius 1 is 1.17 bits per heavy atom. The summed E-state index contributed by atoms with van der Waals surface area (Å²) >= 11 is 0. The van der Waals surface area contributed by atoms with Gasteiger partial charge in [-0.1, -0.05) is 13.8 Å². The van der Waals surface area contributed by atoms with Crippen molar-refractivity contribution in [3.05, 3.63) is 16.4 Å². The van der Waals surface area contributed by atoms with Crippen molar-refractivity contribution in [2.24, 2.45) is 5.92 Å². The standard InChI is InChI=1S/C16H26N6O2/c1-3-19-7-9-20(10-8-19)15-14(22(23)24)16(18-12-17-15)21-6-4-5-13(2)11-21/h12-13H,3-11H2,1-2H3. The fourth-order valence-electron chi connectivity index (χ4n) is 3.64. The van der Waals surface area contributed by atoms with Gasteiger partial charge in [0.2, 0.25) is 11.6 Å². The van der Waals surface area contributed by atoms with Crippen LogP contribution >= 0.6 is 0 Å². The maximum atomic E-state index is 11.8. The van der Waals surface area contributed by atoms with Gasteiger partial charge in [0.15, 0.2) is 0 Å². The Kier molecular flexibility index (Phi) is 5.13. The smallest absolute Gasteiger partial charge is 0.350 e. The second kappa shape index (κ2) is 7.29. The molecule has 1 unspecified atom stereocenters. The predicted molar refractivity (Wildman–Crippen MR) is 93.6 cm³/mol. The van der Waals surface area contributed by atoms with Crippen molar-refractivity contribution in [1.29, 1.82) is 0 Å². The molecule has 0 bridgehead atoms. The first kappa shape index (κ1) is 16.9. The normalized spacial score (nSPS) is 22.7. The van der Waals surface area contributed by atoms with Crippen LogP contribution in [0.15, 0.2) is 6.33 Å². The first-order valence-electron chi connectivity index (χ1n) is 8.81. The highest BCUT2D eigenvalue weighted by atomic mass is 16.6. The van der Waals surface area contributed by atoms with Crippen molar-refractivity contribution in [3.8, 4) is 0 Å². The number of rotatable bonds is 4. The van der Waals surface area contributed by atoms with Crippen LogP contribution < -0.4 is 9.80 Å². The highest BCUT2D eigenvalue weighted by Crippen LogP contribution is 2.36. The molecule has 0 aliphatic carbocycles. The zero-order valence-corrected chi connectivity index (χ0v) is 14.5. The lowest BCUT2D eigenvalue weighted by atomic mass is 10.0. The highest BCUT2D eigenvalue weighted by Gasteiger charge is 2.32. The lowest BCUT2D eigenvalue weighted by Crippen LogP contribution is -2.46.